The number of hydrogen-bond donors (Lipinski definition) is 2. The number of carbonyl (C=O) groups excluding carboxylic acids is 2. The van der Waals surface area contributed by atoms with E-state index < -0.39 is 5.97 Å². The largest absolute Gasteiger partial charge is 0.451 e. The minimum absolute atomic E-state index is 0.0433. The maximum absolute atomic E-state index is 12.4. The summed E-state index contributed by atoms with van der Waals surface area (Å²) in [4.78, 5) is 44.3. The van der Waals surface area contributed by atoms with Crippen LogP contribution in [0.25, 0.3) is 10.2 Å². The molecule has 1 atom stereocenters. The zero-order valence-electron chi connectivity index (χ0n) is 16.6. The van der Waals surface area contributed by atoms with Gasteiger partial charge in [0.1, 0.15) is 15.5 Å². The van der Waals surface area contributed by atoms with E-state index in [1.54, 1.807) is 13.8 Å². The Morgan fingerprint density at radius 1 is 1.24 bits per heavy atom. The van der Waals surface area contributed by atoms with Gasteiger partial charge >= 0.3 is 5.97 Å². The molecule has 0 aliphatic heterocycles. The molecule has 0 fully saturated rings. The van der Waals surface area contributed by atoms with Crippen molar-refractivity contribution in [2.75, 3.05) is 6.61 Å². The van der Waals surface area contributed by atoms with Crippen LogP contribution in [-0.2, 0) is 16.0 Å². The molecule has 0 saturated carbocycles. The molecule has 2 N–H and O–H groups in total. The summed E-state index contributed by atoms with van der Waals surface area (Å²) in [5.74, 6) is -0.508. The van der Waals surface area contributed by atoms with Gasteiger partial charge in [0.2, 0.25) is 0 Å². The van der Waals surface area contributed by atoms with Gasteiger partial charge in [0, 0.05) is 6.04 Å². The standard InChI is InChI=1S/C21H23N3O4S/c1-12(9-10-15-7-5-4-6-8-15)22-16(25)11-28-21(27)18-13(2)17-19(26)23-14(3)24-20(17)29-18/h4-8,12H,9-11H2,1-3H3,(H,22,25)(H,23,24,26)/t12-/m1/s1. The minimum Gasteiger partial charge on any atom is -0.451 e. The molecule has 0 saturated heterocycles. The van der Waals surface area contributed by atoms with E-state index in [1.807, 2.05) is 37.3 Å². The lowest BCUT2D eigenvalue weighted by Crippen LogP contribution is -2.36. The Bertz CT molecular complexity index is 1090. The van der Waals surface area contributed by atoms with Gasteiger partial charge in [-0.05, 0) is 44.7 Å². The van der Waals surface area contributed by atoms with Crippen molar-refractivity contribution in [3.8, 4) is 0 Å². The molecule has 0 radical (unpaired) electrons. The van der Waals surface area contributed by atoms with E-state index in [1.165, 1.54) is 5.56 Å². The number of esters is 1. The van der Waals surface area contributed by atoms with Crippen molar-refractivity contribution in [1.82, 2.24) is 15.3 Å². The number of H-pyrrole nitrogens is 1. The van der Waals surface area contributed by atoms with E-state index in [0.29, 0.717) is 21.6 Å². The molecule has 0 aliphatic rings. The van der Waals surface area contributed by atoms with Gasteiger partial charge in [-0.2, -0.15) is 0 Å². The molecule has 0 unspecified atom stereocenters. The predicted octanol–water partition coefficient (Wildman–Crippen LogP) is 2.90. The second kappa shape index (κ2) is 9.00. The molecule has 2 aromatic heterocycles. The van der Waals surface area contributed by atoms with Gasteiger partial charge in [-0.3, -0.25) is 9.59 Å². The smallest absolute Gasteiger partial charge is 0.349 e. The van der Waals surface area contributed by atoms with Gasteiger partial charge < -0.3 is 15.0 Å². The van der Waals surface area contributed by atoms with E-state index in [2.05, 4.69) is 15.3 Å². The third-order valence-corrected chi connectivity index (χ3v) is 5.72. The normalized spacial score (nSPS) is 12.0. The minimum atomic E-state index is -0.630. The van der Waals surface area contributed by atoms with Crippen LogP contribution in [0, 0.1) is 13.8 Å². The zero-order valence-corrected chi connectivity index (χ0v) is 17.4. The quantitative estimate of drug-likeness (QED) is 0.580. The van der Waals surface area contributed by atoms with Crippen molar-refractivity contribution < 1.29 is 14.3 Å². The van der Waals surface area contributed by atoms with Crippen LogP contribution >= 0.6 is 11.3 Å². The first-order chi connectivity index (χ1) is 13.8. The molecule has 3 aromatic rings. The van der Waals surface area contributed by atoms with Crippen LogP contribution in [0.4, 0.5) is 0 Å². The van der Waals surface area contributed by atoms with Crippen molar-refractivity contribution in [2.45, 2.75) is 39.7 Å². The summed E-state index contributed by atoms with van der Waals surface area (Å²) >= 11 is 1.09. The van der Waals surface area contributed by atoms with Crippen LogP contribution in [0.1, 0.15) is 40.0 Å². The summed E-state index contributed by atoms with van der Waals surface area (Å²) in [7, 11) is 0. The number of hydrogen-bond acceptors (Lipinski definition) is 6. The van der Waals surface area contributed by atoms with Gasteiger partial charge in [-0.25, -0.2) is 9.78 Å². The maximum Gasteiger partial charge on any atom is 0.349 e. The molecule has 8 heteroatoms. The monoisotopic (exact) mass is 413 g/mol. The van der Waals surface area contributed by atoms with Crippen LogP contribution in [0.3, 0.4) is 0 Å². The van der Waals surface area contributed by atoms with E-state index in [-0.39, 0.29) is 29.0 Å². The third-order valence-electron chi connectivity index (χ3n) is 4.55. The number of fused-ring (bicyclic) bond motifs is 1. The fourth-order valence-corrected chi connectivity index (χ4v) is 4.18. The Balaban J connectivity index is 1.54. The highest BCUT2D eigenvalue weighted by molar-refractivity contribution is 7.20. The molecular weight excluding hydrogens is 390 g/mol. The van der Waals surface area contributed by atoms with E-state index in [0.717, 1.165) is 24.2 Å². The number of ether oxygens (including phenoxy) is 1. The first-order valence-electron chi connectivity index (χ1n) is 9.35. The molecule has 0 spiro atoms. The first kappa shape index (κ1) is 20.7. The molecule has 0 bridgehead atoms. The van der Waals surface area contributed by atoms with Gasteiger partial charge in [-0.15, -0.1) is 11.3 Å². The van der Waals surface area contributed by atoms with Crippen LogP contribution in [0.5, 0.6) is 0 Å². The van der Waals surface area contributed by atoms with Gasteiger partial charge in [0.25, 0.3) is 11.5 Å². The van der Waals surface area contributed by atoms with Crippen molar-refractivity contribution >= 4 is 33.4 Å². The van der Waals surface area contributed by atoms with Gasteiger partial charge in [-0.1, -0.05) is 30.3 Å². The number of rotatable bonds is 7. The lowest BCUT2D eigenvalue weighted by molar-refractivity contribution is -0.124. The molecule has 152 valence electrons. The summed E-state index contributed by atoms with van der Waals surface area (Å²) in [5, 5.41) is 3.22. The number of nitrogens with zero attached hydrogens (tertiary/aromatic N) is 1. The molecular formula is C21H23N3O4S. The number of nitrogens with one attached hydrogen (secondary N) is 2. The van der Waals surface area contributed by atoms with E-state index >= 15 is 0 Å². The SMILES string of the molecule is Cc1nc2sc(C(=O)OCC(=O)N[C@H](C)CCc3ccccc3)c(C)c2c(=O)[nH]1. The van der Waals surface area contributed by atoms with Crippen LogP contribution in [-0.4, -0.2) is 34.5 Å². The van der Waals surface area contributed by atoms with Crippen LogP contribution < -0.4 is 10.9 Å². The fourth-order valence-electron chi connectivity index (χ4n) is 3.06. The van der Waals surface area contributed by atoms with Crippen molar-refractivity contribution in [3.05, 3.63) is 62.5 Å². The Kier molecular flexibility index (Phi) is 6.43. The average Bonchev–Trinajstić information content (AvgIpc) is 3.02. The molecule has 3 rings (SSSR count). The lowest BCUT2D eigenvalue weighted by Gasteiger charge is -2.14. The number of aryl methyl sites for hydroxylation is 3. The summed E-state index contributed by atoms with van der Waals surface area (Å²) in [6.07, 6.45) is 1.64. The number of benzene rings is 1. The molecule has 2 heterocycles. The maximum atomic E-state index is 12.4. The van der Waals surface area contributed by atoms with Crippen molar-refractivity contribution in [1.29, 1.82) is 0 Å². The molecule has 29 heavy (non-hydrogen) atoms. The number of thiophene rings is 1. The van der Waals surface area contributed by atoms with E-state index in [4.69, 9.17) is 4.74 Å². The second-order valence-corrected chi connectivity index (χ2v) is 7.96. The third kappa shape index (κ3) is 5.08. The summed E-state index contributed by atoms with van der Waals surface area (Å²) in [5.41, 5.74) is 1.43. The molecule has 7 nitrogen and oxygen atoms in total. The van der Waals surface area contributed by atoms with Crippen molar-refractivity contribution in [2.24, 2.45) is 0 Å². The van der Waals surface area contributed by atoms with E-state index in [9.17, 15) is 14.4 Å². The summed E-state index contributed by atoms with van der Waals surface area (Å²) in [6.45, 7) is 4.90. The highest BCUT2D eigenvalue weighted by atomic mass is 32.1. The highest BCUT2D eigenvalue weighted by Gasteiger charge is 2.21. The van der Waals surface area contributed by atoms with Gasteiger partial charge in [0.05, 0.1) is 5.39 Å². The number of aromatic amines is 1. The lowest BCUT2D eigenvalue weighted by atomic mass is 10.1. The summed E-state index contributed by atoms with van der Waals surface area (Å²) < 4.78 is 5.15. The molecule has 1 amide bonds. The Morgan fingerprint density at radius 3 is 2.69 bits per heavy atom. The summed E-state index contributed by atoms with van der Waals surface area (Å²) in [6, 6.07) is 9.99. The second-order valence-electron chi connectivity index (χ2n) is 6.96. The Hall–Kier alpha value is -3.00. The highest BCUT2D eigenvalue weighted by Crippen LogP contribution is 2.27. The van der Waals surface area contributed by atoms with Crippen LogP contribution in [0.15, 0.2) is 35.1 Å². The first-order valence-corrected chi connectivity index (χ1v) is 10.2. The van der Waals surface area contributed by atoms with Gasteiger partial charge in [0.15, 0.2) is 6.61 Å². The van der Waals surface area contributed by atoms with Crippen molar-refractivity contribution in [3.63, 3.8) is 0 Å². The molecule has 1 aromatic carbocycles. The topological polar surface area (TPSA) is 101 Å². The number of aromatic nitrogens is 2. The number of carbonyl (C=O) groups is 2. The number of amides is 1. The Morgan fingerprint density at radius 2 is 1.97 bits per heavy atom. The molecule has 0 aliphatic carbocycles. The zero-order chi connectivity index (χ0) is 21.0. The average molecular weight is 413 g/mol. The Labute approximate surface area is 172 Å². The predicted molar refractivity (Wildman–Crippen MR) is 112 cm³/mol. The fraction of sp³-hybridized carbons (Fsp3) is 0.333. The van der Waals surface area contributed by atoms with Crippen LogP contribution in [0.2, 0.25) is 0 Å².